The fraction of sp³-hybridized carbons (Fsp3) is 0.0625. The van der Waals surface area contributed by atoms with E-state index in [0.29, 0.717) is 11.2 Å². The van der Waals surface area contributed by atoms with Gasteiger partial charge in [0.05, 0.1) is 21.4 Å². The molecule has 120 valence electrons. The highest BCUT2D eigenvalue weighted by molar-refractivity contribution is 5.92. The number of non-ortho nitro benzene ring substituents is 1. The second kappa shape index (κ2) is 5.92. The highest BCUT2D eigenvalue weighted by Crippen LogP contribution is 2.15. The van der Waals surface area contributed by atoms with Crippen molar-refractivity contribution in [1.29, 1.82) is 0 Å². The summed E-state index contributed by atoms with van der Waals surface area (Å²) in [6.45, 7) is 0. The van der Waals surface area contributed by atoms with Crippen LogP contribution in [0.2, 0.25) is 0 Å². The molecule has 3 aromatic rings. The third kappa shape index (κ3) is 2.98. The quantitative estimate of drug-likeness (QED) is 0.559. The Morgan fingerprint density at radius 3 is 2.54 bits per heavy atom. The molecule has 8 heteroatoms. The van der Waals surface area contributed by atoms with Crippen molar-refractivity contribution in [3.05, 3.63) is 79.9 Å². The van der Waals surface area contributed by atoms with Crippen molar-refractivity contribution in [2.75, 3.05) is 0 Å². The summed E-state index contributed by atoms with van der Waals surface area (Å²) in [7, 11) is 0. The number of benzene rings is 2. The number of H-pyrrole nitrogens is 1. The minimum Gasteiger partial charge on any atom is -0.478 e. The molecule has 3 rings (SSSR count). The van der Waals surface area contributed by atoms with E-state index in [9.17, 15) is 19.7 Å². The van der Waals surface area contributed by atoms with E-state index in [1.807, 2.05) is 0 Å². The molecule has 0 aliphatic carbocycles. The number of hydrogen-bond acceptors (Lipinski definition) is 5. The molecule has 2 N–H and O–H groups in total. The van der Waals surface area contributed by atoms with Crippen molar-refractivity contribution in [2.45, 2.75) is 6.42 Å². The Kier molecular flexibility index (Phi) is 3.78. The number of nitrogens with one attached hydrogen (secondary N) is 1. The summed E-state index contributed by atoms with van der Waals surface area (Å²) in [5, 5.41) is 20.0. The first-order valence-electron chi connectivity index (χ1n) is 6.93. The molecule has 0 spiro atoms. The fourth-order valence-electron chi connectivity index (χ4n) is 2.33. The van der Waals surface area contributed by atoms with Crippen LogP contribution in [0.1, 0.15) is 21.7 Å². The average Bonchev–Trinajstić information content (AvgIpc) is 2.54. The summed E-state index contributed by atoms with van der Waals surface area (Å²) in [5.41, 5.74) is 0.675. The minimum absolute atomic E-state index is 0.0233. The fourth-order valence-corrected chi connectivity index (χ4v) is 2.33. The highest BCUT2D eigenvalue weighted by Gasteiger charge is 2.10. The van der Waals surface area contributed by atoms with Gasteiger partial charge in [-0.05, 0) is 23.8 Å². The van der Waals surface area contributed by atoms with Crippen LogP contribution in [0.5, 0.6) is 0 Å². The zero-order valence-corrected chi connectivity index (χ0v) is 12.2. The van der Waals surface area contributed by atoms with Crippen molar-refractivity contribution < 1.29 is 14.8 Å². The lowest BCUT2D eigenvalue weighted by Gasteiger charge is -2.04. The van der Waals surface area contributed by atoms with E-state index in [1.54, 1.807) is 12.1 Å². The predicted molar refractivity (Wildman–Crippen MR) is 85.2 cm³/mol. The Bertz CT molecular complexity index is 1010. The van der Waals surface area contributed by atoms with Gasteiger partial charge >= 0.3 is 5.97 Å². The smallest absolute Gasteiger partial charge is 0.335 e. The first-order chi connectivity index (χ1) is 11.4. The van der Waals surface area contributed by atoms with Crippen molar-refractivity contribution in [2.24, 2.45) is 0 Å². The summed E-state index contributed by atoms with van der Waals surface area (Å²) >= 11 is 0. The van der Waals surface area contributed by atoms with Crippen molar-refractivity contribution in [3.63, 3.8) is 0 Å². The normalized spacial score (nSPS) is 10.7. The van der Waals surface area contributed by atoms with Gasteiger partial charge in [-0.25, -0.2) is 9.78 Å². The number of nitro benzene ring substituents is 1. The van der Waals surface area contributed by atoms with Crippen LogP contribution in [0.3, 0.4) is 0 Å². The molecule has 0 aliphatic heterocycles. The zero-order valence-electron chi connectivity index (χ0n) is 12.2. The molecule has 0 unspecified atom stereocenters. The van der Waals surface area contributed by atoms with Crippen molar-refractivity contribution in [3.8, 4) is 0 Å². The lowest BCUT2D eigenvalue weighted by Crippen LogP contribution is -2.13. The Labute approximate surface area is 134 Å². The standard InChI is InChI=1S/C16H11N3O5/c20-15-12-6-3-10(16(21)22)8-13(12)17-14(18-15)7-9-1-4-11(5-2-9)19(23)24/h1-6,8H,7H2,(H,21,22)(H,17,18,20). The lowest BCUT2D eigenvalue weighted by atomic mass is 10.1. The van der Waals surface area contributed by atoms with Crippen LogP contribution >= 0.6 is 0 Å². The molecule has 1 heterocycles. The zero-order chi connectivity index (χ0) is 17.3. The van der Waals surface area contributed by atoms with E-state index >= 15 is 0 Å². The Hall–Kier alpha value is -3.55. The molecular weight excluding hydrogens is 314 g/mol. The maximum absolute atomic E-state index is 12.1. The summed E-state index contributed by atoms with van der Waals surface area (Å²) in [4.78, 5) is 40.2. The molecule has 0 fully saturated rings. The topological polar surface area (TPSA) is 126 Å². The highest BCUT2D eigenvalue weighted by atomic mass is 16.6. The third-order valence-corrected chi connectivity index (χ3v) is 3.52. The molecule has 0 saturated heterocycles. The molecule has 0 saturated carbocycles. The van der Waals surface area contributed by atoms with Crippen molar-refractivity contribution >= 4 is 22.6 Å². The second-order valence-electron chi connectivity index (χ2n) is 5.15. The molecule has 0 bridgehead atoms. The van der Waals surface area contributed by atoms with Gasteiger partial charge in [-0.3, -0.25) is 14.9 Å². The first kappa shape index (κ1) is 15.3. The van der Waals surface area contributed by atoms with Gasteiger partial charge in [0.25, 0.3) is 11.2 Å². The average molecular weight is 325 g/mol. The number of hydrogen-bond donors (Lipinski definition) is 2. The number of fused-ring (bicyclic) bond motifs is 1. The van der Waals surface area contributed by atoms with E-state index in [1.165, 1.54) is 30.3 Å². The number of aromatic amines is 1. The van der Waals surface area contributed by atoms with Gasteiger partial charge in [0.15, 0.2) is 0 Å². The molecule has 1 aromatic heterocycles. The number of carbonyl (C=O) groups is 1. The Morgan fingerprint density at radius 2 is 1.92 bits per heavy atom. The van der Waals surface area contributed by atoms with Gasteiger partial charge in [-0.2, -0.15) is 0 Å². The maximum atomic E-state index is 12.1. The predicted octanol–water partition coefficient (Wildman–Crippen LogP) is 2.12. The second-order valence-corrected chi connectivity index (χ2v) is 5.15. The summed E-state index contributed by atoms with van der Waals surface area (Å²) in [6, 6.07) is 10.0. The van der Waals surface area contributed by atoms with Crippen molar-refractivity contribution in [1.82, 2.24) is 9.97 Å². The number of carboxylic acids is 1. The van der Waals surface area contributed by atoms with E-state index in [-0.39, 0.29) is 28.7 Å². The third-order valence-electron chi connectivity index (χ3n) is 3.52. The Morgan fingerprint density at radius 1 is 1.21 bits per heavy atom. The van der Waals surface area contributed by atoms with Crippen LogP contribution in [-0.2, 0) is 6.42 Å². The molecular formula is C16H11N3O5. The van der Waals surface area contributed by atoms with E-state index in [4.69, 9.17) is 5.11 Å². The molecule has 0 aliphatic rings. The molecule has 2 aromatic carbocycles. The lowest BCUT2D eigenvalue weighted by molar-refractivity contribution is -0.384. The van der Waals surface area contributed by atoms with Crippen LogP contribution in [0.15, 0.2) is 47.3 Å². The SMILES string of the molecule is O=C(O)c1ccc2c(=O)[nH]c(Cc3ccc([N+](=O)[O-])cc3)nc2c1. The molecule has 24 heavy (non-hydrogen) atoms. The molecule has 0 atom stereocenters. The number of aromatic carboxylic acids is 1. The Balaban J connectivity index is 1.98. The van der Waals surface area contributed by atoms with Crippen LogP contribution in [0.4, 0.5) is 5.69 Å². The number of nitrogens with zero attached hydrogens (tertiary/aromatic N) is 2. The van der Waals surface area contributed by atoms with Crippen LogP contribution < -0.4 is 5.56 Å². The molecule has 8 nitrogen and oxygen atoms in total. The van der Waals surface area contributed by atoms with E-state index in [2.05, 4.69) is 9.97 Å². The summed E-state index contributed by atoms with van der Waals surface area (Å²) in [6.07, 6.45) is 0.264. The minimum atomic E-state index is -1.10. The van der Waals surface area contributed by atoms with Crippen LogP contribution in [0.25, 0.3) is 10.9 Å². The van der Waals surface area contributed by atoms with Gasteiger partial charge in [0.2, 0.25) is 0 Å². The largest absolute Gasteiger partial charge is 0.478 e. The van der Waals surface area contributed by atoms with Gasteiger partial charge in [-0.1, -0.05) is 12.1 Å². The van der Waals surface area contributed by atoms with Gasteiger partial charge in [-0.15, -0.1) is 0 Å². The molecule has 0 amide bonds. The maximum Gasteiger partial charge on any atom is 0.335 e. The first-order valence-corrected chi connectivity index (χ1v) is 6.93. The molecule has 0 radical (unpaired) electrons. The monoisotopic (exact) mass is 325 g/mol. The van der Waals surface area contributed by atoms with E-state index in [0.717, 1.165) is 5.56 Å². The van der Waals surface area contributed by atoms with Crippen LogP contribution in [-0.4, -0.2) is 26.0 Å². The number of nitro groups is 1. The van der Waals surface area contributed by atoms with Gasteiger partial charge in [0.1, 0.15) is 5.82 Å². The number of carboxylic acid groups (broad SMARTS) is 1. The van der Waals surface area contributed by atoms with Gasteiger partial charge < -0.3 is 10.1 Å². The van der Waals surface area contributed by atoms with Gasteiger partial charge in [0, 0.05) is 18.6 Å². The van der Waals surface area contributed by atoms with E-state index < -0.39 is 10.9 Å². The van der Waals surface area contributed by atoms with Crippen LogP contribution in [0, 0.1) is 10.1 Å². The summed E-state index contributed by atoms with van der Waals surface area (Å²) < 4.78 is 0. The summed E-state index contributed by atoms with van der Waals surface area (Å²) in [5.74, 6) is -0.750. The number of rotatable bonds is 4. The number of aromatic nitrogens is 2.